The Morgan fingerprint density at radius 2 is 1.97 bits per heavy atom. The molecule has 0 aliphatic heterocycles. The molecule has 11 nitrogen and oxygen atoms in total. The first-order chi connectivity index (χ1) is 18.7. The SMILES string of the molecule is COc1cc(OCC(C)N(C)C)c(F)c(C(Nc2ccc(C(=N)N)cc2)c2nn(-c3ccccn3)c(=O)[nH]2)c1. The first-order valence-electron chi connectivity index (χ1n) is 12.2. The number of amidine groups is 1. The molecule has 39 heavy (non-hydrogen) atoms. The van der Waals surface area contributed by atoms with Crippen LogP contribution >= 0.6 is 0 Å². The number of aromatic nitrogens is 4. The van der Waals surface area contributed by atoms with E-state index in [9.17, 15) is 4.79 Å². The van der Waals surface area contributed by atoms with Gasteiger partial charge in [-0.3, -0.25) is 10.4 Å². The number of nitrogens with zero attached hydrogens (tertiary/aromatic N) is 4. The largest absolute Gasteiger partial charge is 0.497 e. The van der Waals surface area contributed by atoms with Crippen molar-refractivity contribution in [2.75, 3.05) is 33.1 Å². The lowest BCUT2D eigenvalue weighted by Gasteiger charge is -2.23. The zero-order valence-corrected chi connectivity index (χ0v) is 22.1. The fourth-order valence-electron chi connectivity index (χ4n) is 3.70. The Kier molecular flexibility index (Phi) is 8.25. The van der Waals surface area contributed by atoms with Gasteiger partial charge in [-0.2, -0.15) is 4.68 Å². The topological polar surface area (TPSA) is 147 Å². The minimum atomic E-state index is -0.963. The Morgan fingerprint density at radius 3 is 2.59 bits per heavy atom. The summed E-state index contributed by atoms with van der Waals surface area (Å²) in [5.41, 5.74) is 6.29. The van der Waals surface area contributed by atoms with E-state index in [0.717, 1.165) is 4.68 Å². The number of hydrogen-bond donors (Lipinski definition) is 4. The second-order valence-corrected chi connectivity index (χ2v) is 9.14. The summed E-state index contributed by atoms with van der Waals surface area (Å²) in [4.78, 5) is 21.7. The number of nitrogens with two attached hydrogens (primary N) is 1. The molecule has 0 saturated carbocycles. The summed E-state index contributed by atoms with van der Waals surface area (Å²) in [7, 11) is 5.30. The molecule has 2 aromatic carbocycles. The number of H-pyrrole nitrogens is 1. The number of nitrogens with one attached hydrogen (secondary N) is 3. The lowest BCUT2D eigenvalue weighted by atomic mass is 10.0. The average Bonchev–Trinajstić information content (AvgIpc) is 3.32. The lowest BCUT2D eigenvalue weighted by Crippen LogP contribution is -2.30. The van der Waals surface area contributed by atoms with Crippen LogP contribution in [0.1, 0.15) is 29.9 Å². The van der Waals surface area contributed by atoms with Crippen molar-refractivity contribution in [2.45, 2.75) is 19.0 Å². The van der Waals surface area contributed by atoms with Gasteiger partial charge in [-0.25, -0.2) is 14.2 Å². The lowest BCUT2D eigenvalue weighted by molar-refractivity contribution is 0.192. The van der Waals surface area contributed by atoms with Gasteiger partial charge in [0.1, 0.15) is 24.2 Å². The summed E-state index contributed by atoms with van der Waals surface area (Å²) in [6.07, 6.45) is 1.54. The number of ether oxygens (including phenoxy) is 2. The van der Waals surface area contributed by atoms with E-state index in [0.29, 0.717) is 22.8 Å². The number of anilines is 1. The van der Waals surface area contributed by atoms with Crippen molar-refractivity contribution in [2.24, 2.45) is 5.73 Å². The molecule has 2 unspecified atom stereocenters. The minimum Gasteiger partial charge on any atom is -0.497 e. The second kappa shape index (κ2) is 11.8. The number of aromatic amines is 1. The van der Waals surface area contributed by atoms with E-state index in [-0.39, 0.29) is 35.6 Å². The van der Waals surface area contributed by atoms with E-state index >= 15 is 4.39 Å². The molecule has 0 fully saturated rings. The van der Waals surface area contributed by atoms with Gasteiger partial charge in [0.15, 0.2) is 23.2 Å². The molecule has 4 rings (SSSR count). The molecular formula is C27H31FN8O3. The van der Waals surface area contributed by atoms with E-state index in [4.69, 9.17) is 20.6 Å². The Labute approximate surface area is 224 Å². The van der Waals surface area contributed by atoms with Gasteiger partial charge in [-0.05, 0) is 63.5 Å². The third-order valence-corrected chi connectivity index (χ3v) is 6.23. The molecule has 0 bridgehead atoms. The van der Waals surface area contributed by atoms with Gasteiger partial charge in [0.05, 0.1) is 7.11 Å². The average molecular weight is 535 g/mol. The first kappa shape index (κ1) is 27.3. The highest BCUT2D eigenvalue weighted by atomic mass is 19.1. The van der Waals surface area contributed by atoms with Crippen LogP contribution < -0.4 is 26.2 Å². The normalized spacial score (nSPS) is 12.7. The number of nitrogen functional groups attached to an aromatic ring is 1. The second-order valence-electron chi connectivity index (χ2n) is 9.14. The van der Waals surface area contributed by atoms with Gasteiger partial charge in [-0.15, -0.1) is 5.10 Å². The van der Waals surface area contributed by atoms with Crippen molar-refractivity contribution in [3.05, 3.63) is 94.0 Å². The highest BCUT2D eigenvalue weighted by Crippen LogP contribution is 2.35. The molecule has 2 heterocycles. The van der Waals surface area contributed by atoms with Crippen LogP contribution in [0.4, 0.5) is 10.1 Å². The van der Waals surface area contributed by atoms with Crippen LogP contribution in [0.3, 0.4) is 0 Å². The molecule has 0 aliphatic carbocycles. The number of halogens is 1. The molecule has 5 N–H and O–H groups in total. The minimum absolute atomic E-state index is 0.00304. The maximum atomic E-state index is 16.1. The monoisotopic (exact) mass is 534 g/mol. The van der Waals surface area contributed by atoms with Crippen molar-refractivity contribution in [1.29, 1.82) is 5.41 Å². The number of likely N-dealkylation sites (N-methyl/N-ethyl adjacent to an activating group) is 1. The van der Waals surface area contributed by atoms with Crippen molar-refractivity contribution >= 4 is 11.5 Å². The zero-order valence-electron chi connectivity index (χ0n) is 22.1. The molecule has 0 saturated heterocycles. The molecule has 204 valence electrons. The van der Waals surface area contributed by atoms with E-state index in [1.165, 1.54) is 19.2 Å². The summed E-state index contributed by atoms with van der Waals surface area (Å²) in [5, 5.41) is 15.3. The molecule has 0 spiro atoms. The molecule has 0 radical (unpaired) electrons. The summed E-state index contributed by atoms with van der Waals surface area (Å²) in [6.45, 7) is 2.20. The fourth-order valence-corrected chi connectivity index (χ4v) is 3.70. The quantitative estimate of drug-likeness (QED) is 0.170. The fraction of sp³-hybridized carbons (Fsp3) is 0.259. The number of pyridine rings is 1. The molecule has 4 aromatic rings. The van der Waals surface area contributed by atoms with E-state index in [1.807, 2.05) is 25.9 Å². The van der Waals surface area contributed by atoms with Crippen molar-refractivity contribution in [3.8, 4) is 17.3 Å². The third-order valence-electron chi connectivity index (χ3n) is 6.23. The summed E-state index contributed by atoms with van der Waals surface area (Å²) in [6, 6.07) is 13.9. The number of methoxy groups -OCH3 is 1. The summed E-state index contributed by atoms with van der Waals surface area (Å²) >= 11 is 0. The third kappa shape index (κ3) is 6.24. The van der Waals surface area contributed by atoms with Crippen LogP contribution in [0.25, 0.3) is 5.82 Å². The van der Waals surface area contributed by atoms with Crippen LogP contribution in [-0.4, -0.2) is 64.3 Å². The van der Waals surface area contributed by atoms with Gasteiger partial charge in [0.25, 0.3) is 0 Å². The number of hydrogen-bond acceptors (Lipinski definition) is 8. The standard InChI is InChI=1S/C27H31FN8O3/c1-16(35(2)3)15-39-21-14-19(38-4)13-20(23(21)28)24(32-18-10-8-17(9-11-18)25(29)30)26-33-27(37)36(34-26)22-7-5-6-12-31-22/h5-14,16,24,32H,15H2,1-4H3,(H3,29,30)(H,33,34,37). The van der Waals surface area contributed by atoms with Gasteiger partial charge < -0.3 is 25.4 Å². The maximum Gasteiger partial charge on any atom is 0.349 e. The number of benzene rings is 2. The maximum absolute atomic E-state index is 16.1. The van der Waals surface area contributed by atoms with Crippen LogP contribution in [0.5, 0.6) is 11.5 Å². The van der Waals surface area contributed by atoms with Gasteiger partial charge in [0.2, 0.25) is 0 Å². The predicted octanol–water partition coefficient (Wildman–Crippen LogP) is 2.92. The molecule has 2 aromatic heterocycles. The molecule has 12 heteroatoms. The van der Waals surface area contributed by atoms with E-state index < -0.39 is 17.5 Å². The first-order valence-corrected chi connectivity index (χ1v) is 12.2. The summed E-state index contributed by atoms with van der Waals surface area (Å²) < 4.78 is 28.5. The molecule has 0 aliphatic rings. The van der Waals surface area contributed by atoms with Gasteiger partial charge in [-0.1, -0.05) is 6.07 Å². The van der Waals surface area contributed by atoms with Crippen LogP contribution in [0.2, 0.25) is 0 Å². The van der Waals surface area contributed by atoms with Gasteiger partial charge >= 0.3 is 5.69 Å². The van der Waals surface area contributed by atoms with Crippen LogP contribution in [0, 0.1) is 11.2 Å². The zero-order chi connectivity index (χ0) is 28.1. The van der Waals surface area contributed by atoms with Crippen molar-refractivity contribution < 1.29 is 13.9 Å². The summed E-state index contributed by atoms with van der Waals surface area (Å²) in [5.74, 6) is 0.104. The molecular weight excluding hydrogens is 503 g/mol. The number of rotatable bonds is 11. The van der Waals surface area contributed by atoms with Gasteiger partial charge in [0, 0.05) is 35.1 Å². The Morgan fingerprint density at radius 1 is 1.23 bits per heavy atom. The molecule has 2 atom stereocenters. The van der Waals surface area contributed by atoms with Crippen LogP contribution in [0.15, 0.2) is 65.6 Å². The molecule has 0 amide bonds. The Balaban J connectivity index is 1.81. The Bertz CT molecular complexity index is 1490. The highest BCUT2D eigenvalue weighted by Gasteiger charge is 2.27. The van der Waals surface area contributed by atoms with Crippen molar-refractivity contribution in [1.82, 2.24) is 24.6 Å². The smallest absolute Gasteiger partial charge is 0.349 e. The van der Waals surface area contributed by atoms with Crippen molar-refractivity contribution in [3.63, 3.8) is 0 Å². The predicted molar refractivity (Wildman–Crippen MR) is 146 cm³/mol. The van der Waals surface area contributed by atoms with Crippen LogP contribution in [-0.2, 0) is 0 Å². The Hall–Kier alpha value is -4.71. The van der Waals surface area contributed by atoms with E-state index in [2.05, 4.69) is 20.4 Å². The highest BCUT2D eigenvalue weighted by molar-refractivity contribution is 5.95. The van der Waals surface area contributed by atoms with E-state index in [1.54, 1.807) is 48.7 Å².